The summed E-state index contributed by atoms with van der Waals surface area (Å²) in [5.74, 6) is 0.698. The van der Waals surface area contributed by atoms with Crippen molar-refractivity contribution >= 4 is 41.1 Å². The lowest BCUT2D eigenvalue weighted by molar-refractivity contribution is 0.102. The molecule has 0 aliphatic heterocycles. The van der Waals surface area contributed by atoms with Crippen molar-refractivity contribution in [3.8, 4) is 0 Å². The zero-order valence-electron chi connectivity index (χ0n) is 15.9. The zero-order chi connectivity index (χ0) is 21.0. The van der Waals surface area contributed by atoms with Gasteiger partial charge in [-0.3, -0.25) is 4.98 Å². The third kappa shape index (κ3) is 5.88. The van der Waals surface area contributed by atoms with Gasteiger partial charge in [0.1, 0.15) is 10.9 Å². The van der Waals surface area contributed by atoms with E-state index in [1.54, 1.807) is 18.5 Å². The highest BCUT2D eigenvalue weighted by molar-refractivity contribution is 7.99. The van der Waals surface area contributed by atoms with Gasteiger partial charge in [-0.25, -0.2) is 9.78 Å². The van der Waals surface area contributed by atoms with E-state index < -0.39 is 12.2 Å². The standard InChI is InChI=1S/C20H20Cl2N4O2S/c1-11(2)17-19(29-15-9-13(21)8-14(22)10-15)26-18(25-17)16(28-20(23)27)7-12-3-5-24-6-4-12/h3-6,8-11,16H,7H2,1-2H3,(H2,23,27)(H,25,26)/t16-/m0/s1. The Labute approximate surface area is 183 Å². The molecule has 1 amide bonds. The third-order valence-electron chi connectivity index (χ3n) is 4.08. The quantitative estimate of drug-likeness (QED) is 0.476. The molecule has 152 valence electrons. The second-order valence-electron chi connectivity index (χ2n) is 6.69. The van der Waals surface area contributed by atoms with Crippen molar-refractivity contribution in [3.05, 3.63) is 69.9 Å². The van der Waals surface area contributed by atoms with E-state index in [1.807, 2.05) is 24.3 Å². The molecule has 0 fully saturated rings. The molecular weight excluding hydrogens is 431 g/mol. The number of amides is 1. The Morgan fingerprint density at radius 2 is 1.86 bits per heavy atom. The topological polar surface area (TPSA) is 93.9 Å². The first-order valence-corrected chi connectivity index (χ1v) is 10.5. The molecule has 0 saturated carbocycles. The number of benzene rings is 1. The molecule has 0 saturated heterocycles. The Morgan fingerprint density at radius 3 is 2.45 bits per heavy atom. The highest BCUT2D eigenvalue weighted by atomic mass is 35.5. The van der Waals surface area contributed by atoms with E-state index in [4.69, 9.17) is 38.7 Å². The number of H-pyrrole nitrogens is 1. The molecule has 29 heavy (non-hydrogen) atoms. The molecular formula is C20H20Cl2N4O2S. The number of imidazole rings is 1. The molecule has 2 aromatic heterocycles. The second-order valence-corrected chi connectivity index (χ2v) is 8.62. The van der Waals surface area contributed by atoms with Crippen LogP contribution in [-0.2, 0) is 11.2 Å². The maximum atomic E-state index is 11.5. The summed E-state index contributed by atoms with van der Waals surface area (Å²) in [5, 5.41) is 1.87. The minimum atomic E-state index is -0.859. The molecule has 2 heterocycles. The Hall–Kier alpha value is -2.22. The average molecular weight is 451 g/mol. The molecule has 0 spiro atoms. The predicted octanol–water partition coefficient (Wildman–Crippen LogP) is 5.77. The van der Waals surface area contributed by atoms with E-state index in [1.165, 1.54) is 11.8 Å². The van der Waals surface area contributed by atoms with Crippen LogP contribution in [0.2, 0.25) is 10.0 Å². The maximum absolute atomic E-state index is 11.5. The molecule has 0 radical (unpaired) electrons. The molecule has 0 aliphatic rings. The normalized spacial score (nSPS) is 12.2. The summed E-state index contributed by atoms with van der Waals surface area (Å²) in [4.78, 5) is 24.4. The summed E-state index contributed by atoms with van der Waals surface area (Å²) < 4.78 is 5.35. The highest BCUT2D eigenvalue weighted by Gasteiger charge is 2.24. The van der Waals surface area contributed by atoms with Crippen LogP contribution in [-0.4, -0.2) is 21.0 Å². The fraction of sp³-hybridized carbons (Fsp3) is 0.250. The van der Waals surface area contributed by atoms with Crippen LogP contribution < -0.4 is 5.73 Å². The van der Waals surface area contributed by atoms with Crippen LogP contribution in [0.1, 0.15) is 43.0 Å². The summed E-state index contributed by atoms with van der Waals surface area (Å²) in [5.41, 5.74) is 7.17. The van der Waals surface area contributed by atoms with Crippen molar-refractivity contribution in [1.29, 1.82) is 0 Å². The number of ether oxygens (including phenoxy) is 1. The number of aromatic amines is 1. The number of rotatable bonds is 7. The number of halogens is 2. The van der Waals surface area contributed by atoms with Crippen LogP contribution >= 0.6 is 35.0 Å². The fourth-order valence-corrected chi connectivity index (χ4v) is 4.57. The van der Waals surface area contributed by atoms with Crippen molar-refractivity contribution < 1.29 is 9.53 Å². The molecule has 1 atom stereocenters. The molecule has 0 aliphatic carbocycles. The fourth-order valence-electron chi connectivity index (χ4n) is 2.78. The number of hydrogen-bond donors (Lipinski definition) is 2. The van der Waals surface area contributed by atoms with Crippen molar-refractivity contribution in [2.45, 2.75) is 42.2 Å². The van der Waals surface area contributed by atoms with Gasteiger partial charge in [0.2, 0.25) is 0 Å². The van der Waals surface area contributed by atoms with Gasteiger partial charge in [-0.2, -0.15) is 0 Å². The van der Waals surface area contributed by atoms with Crippen molar-refractivity contribution in [3.63, 3.8) is 0 Å². The lowest BCUT2D eigenvalue weighted by atomic mass is 10.1. The number of nitrogens with two attached hydrogens (primary N) is 1. The van der Waals surface area contributed by atoms with Gasteiger partial charge in [0.15, 0.2) is 6.10 Å². The van der Waals surface area contributed by atoms with E-state index in [0.29, 0.717) is 22.3 Å². The summed E-state index contributed by atoms with van der Waals surface area (Å²) in [6.45, 7) is 4.11. The first-order chi connectivity index (χ1) is 13.8. The van der Waals surface area contributed by atoms with Gasteiger partial charge in [0.25, 0.3) is 0 Å². The van der Waals surface area contributed by atoms with Gasteiger partial charge < -0.3 is 15.5 Å². The maximum Gasteiger partial charge on any atom is 0.405 e. The van der Waals surface area contributed by atoms with Crippen molar-refractivity contribution in [1.82, 2.24) is 15.0 Å². The van der Waals surface area contributed by atoms with E-state index in [2.05, 4.69) is 23.8 Å². The van der Waals surface area contributed by atoms with Crippen molar-refractivity contribution in [2.75, 3.05) is 0 Å². The smallest absolute Gasteiger partial charge is 0.405 e. The minimum Gasteiger partial charge on any atom is -0.438 e. The molecule has 3 N–H and O–H groups in total. The number of primary amides is 1. The van der Waals surface area contributed by atoms with Crippen molar-refractivity contribution in [2.24, 2.45) is 5.73 Å². The van der Waals surface area contributed by atoms with Crippen LogP contribution in [0, 0.1) is 0 Å². The Morgan fingerprint density at radius 1 is 1.21 bits per heavy atom. The molecule has 3 rings (SSSR count). The van der Waals surface area contributed by atoms with Crippen LogP contribution in [0.15, 0.2) is 52.6 Å². The lowest BCUT2D eigenvalue weighted by Gasteiger charge is -2.14. The second kappa shape index (κ2) is 9.52. The lowest BCUT2D eigenvalue weighted by Crippen LogP contribution is -2.20. The first kappa shape index (κ1) is 21.5. The van der Waals surface area contributed by atoms with Crippen LogP contribution in [0.3, 0.4) is 0 Å². The first-order valence-electron chi connectivity index (χ1n) is 8.90. The predicted molar refractivity (Wildman–Crippen MR) is 115 cm³/mol. The van der Waals surface area contributed by atoms with E-state index in [-0.39, 0.29) is 5.92 Å². The summed E-state index contributed by atoms with van der Waals surface area (Å²) in [7, 11) is 0. The Kier molecular flexibility index (Phi) is 7.05. The van der Waals surface area contributed by atoms with E-state index >= 15 is 0 Å². The Bertz CT molecular complexity index is 975. The third-order valence-corrected chi connectivity index (χ3v) is 5.49. The van der Waals surface area contributed by atoms with Gasteiger partial charge in [-0.1, -0.05) is 48.8 Å². The Balaban J connectivity index is 1.94. The van der Waals surface area contributed by atoms with Gasteiger partial charge in [0.05, 0.1) is 5.69 Å². The van der Waals surface area contributed by atoms with Gasteiger partial charge >= 0.3 is 6.09 Å². The van der Waals surface area contributed by atoms with Crippen LogP contribution in [0.4, 0.5) is 4.79 Å². The molecule has 0 bridgehead atoms. The number of carbonyl (C=O) groups excluding carboxylic acids is 1. The number of hydrogen-bond acceptors (Lipinski definition) is 5. The number of nitrogens with zero attached hydrogens (tertiary/aromatic N) is 2. The molecule has 3 aromatic rings. The largest absolute Gasteiger partial charge is 0.438 e. The SMILES string of the molecule is CC(C)c1[nH]c([C@H](Cc2ccncc2)OC(N)=O)nc1Sc1cc(Cl)cc(Cl)c1. The summed E-state index contributed by atoms with van der Waals surface area (Å²) in [6.07, 6.45) is 2.28. The van der Waals surface area contributed by atoms with Crippen LogP contribution in [0.25, 0.3) is 0 Å². The van der Waals surface area contributed by atoms with Gasteiger partial charge in [-0.05, 0) is 41.8 Å². The van der Waals surface area contributed by atoms with Crippen LogP contribution in [0.5, 0.6) is 0 Å². The molecule has 1 aromatic carbocycles. The molecule has 0 unspecified atom stereocenters. The van der Waals surface area contributed by atoms with Gasteiger partial charge in [-0.15, -0.1) is 0 Å². The highest BCUT2D eigenvalue weighted by Crippen LogP contribution is 2.36. The monoisotopic (exact) mass is 450 g/mol. The van der Waals surface area contributed by atoms with Gasteiger partial charge in [0, 0.05) is 33.8 Å². The minimum absolute atomic E-state index is 0.170. The molecule has 9 heteroatoms. The number of nitrogens with one attached hydrogen (secondary N) is 1. The zero-order valence-corrected chi connectivity index (χ0v) is 18.2. The summed E-state index contributed by atoms with van der Waals surface area (Å²) >= 11 is 13.7. The molecule has 6 nitrogen and oxygen atoms in total. The summed E-state index contributed by atoms with van der Waals surface area (Å²) in [6, 6.07) is 9.04. The van der Waals surface area contributed by atoms with E-state index in [9.17, 15) is 4.79 Å². The number of pyridine rings is 1. The number of aromatic nitrogens is 3. The number of carbonyl (C=O) groups is 1. The van der Waals surface area contributed by atoms with E-state index in [0.717, 1.165) is 21.2 Å². The average Bonchev–Trinajstić information content (AvgIpc) is 3.05.